The third-order valence-corrected chi connectivity index (χ3v) is 8.17. The molecular formula is C18H20ClFN4O2S2. The van der Waals surface area contributed by atoms with Crippen LogP contribution < -0.4 is 11.1 Å². The number of anilines is 1. The number of aromatic nitrogens is 1. The van der Waals surface area contributed by atoms with Crippen LogP contribution in [0.3, 0.4) is 0 Å². The average Bonchev–Trinajstić information content (AvgIpc) is 3.38. The lowest BCUT2D eigenvalue weighted by Gasteiger charge is -2.24. The van der Waals surface area contributed by atoms with E-state index in [-0.39, 0.29) is 5.82 Å². The number of amides is 1. The van der Waals surface area contributed by atoms with Gasteiger partial charge in [0.25, 0.3) is 5.91 Å². The van der Waals surface area contributed by atoms with Crippen LogP contribution in [-0.4, -0.2) is 31.4 Å². The number of aliphatic imine (C=N–C) groups is 1. The fourth-order valence-electron chi connectivity index (χ4n) is 2.85. The Balaban J connectivity index is 0.00000109. The van der Waals surface area contributed by atoms with Gasteiger partial charge in [0.1, 0.15) is 16.4 Å². The zero-order valence-electron chi connectivity index (χ0n) is 15.4. The normalized spacial score (nSPS) is 22.1. The maximum Gasteiger partial charge on any atom is 0.266 e. The van der Waals surface area contributed by atoms with Crippen molar-refractivity contribution < 1.29 is 13.4 Å². The number of carbonyl (C=O) groups is 1. The Kier molecular flexibility index (Phi) is 6.16. The van der Waals surface area contributed by atoms with Gasteiger partial charge in [0, 0.05) is 15.7 Å². The third-order valence-electron chi connectivity index (χ3n) is 4.41. The van der Waals surface area contributed by atoms with Crippen LogP contribution in [-0.2, 0) is 10.8 Å². The van der Waals surface area contributed by atoms with Crippen molar-refractivity contribution in [1.29, 1.82) is 0 Å². The molecule has 2 atom stereocenters. The van der Waals surface area contributed by atoms with Gasteiger partial charge >= 0.3 is 0 Å². The topological polar surface area (TPSA) is 97.4 Å². The van der Waals surface area contributed by atoms with Crippen LogP contribution in [0.1, 0.15) is 47.3 Å². The number of pyridine rings is 1. The van der Waals surface area contributed by atoms with E-state index in [1.54, 1.807) is 0 Å². The fourth-order valence-corrected chi connectivity index (χ4v) is 6.05. The zero-order chi connectivity index (χ0) is 20.5. The minimum absolute atomic E-state index is 0.109. The molecule has 0 radical (unpaired) electrons. The number of hydrogen-bond donors (Lipinski definition) is 2. The number of amidine groups is 1. The van der Waals surface area contributed by atoms with Crippen molar-refractivity contribution in [2.75, 3.05) is 11.1 Å². The fraction of sp³-hybridized carbons (Fsp3) is 0.389. The van der Waals surface area contributed by atoms with Gasteiger partial charge in [-0.3, -0.25) is 14.0 Å². The van der Waals surface area contributed by atoms with Crippen molar-refractivity contribution in [3.63, 3.8) is 0 Å². The lowest BCUT2D eigenvalue weighted by atomic mass is 10.2. The molecule has 3 heterocycles. The van der Waals surface area contributed by atoms with Gasteiger partial charge in [-0.1, -0.05) is 31.5 Å². The molecule has 0 saturated heterocycles. The summed E-state index contributed by atoms with van der Waals surface area (Å²) < 4.78 is 25.2. The Morgan fingerprint density at radius 2 is 2.14 bits per heavy atom. The van der Waals surface area contributed by atoms with Gasteiger partial charge < -0.3 is 11.1 Å². The highest BCUT2D eigenvalue weighted by molar-refractivity contribution is 7.87. The van der Waals surface area contributed by atoms with Crippen LogP contribution in [0.5, 0.6) is 0 Å². The smallest absolute Gasteiger partial charge is 0.266 e. The van der Waals surface area contributed by atoms with Gasteiger partial charge in [-0.25, -0.2) is 4.98 Å². The van der Waals surface area contributed by atoms with Crippen LogP contribution in [0.2, 0.25) is 5.02 Å². The van der Waals surface area contributed by atoms with Gasteiger partial charge in [-0.2, -0.15) is 4.39 Å². The first-order valence-electron chi connectivity index (χ1n) is 8.84. The largest absolute Gasteiger partial charge is 0.386 e. The quantitative estimate of drug-likeness (QED) is 0.704. The number of nitrogens with one attached hydrogen (secondary N) is 1. The van der Waals surface area contributed by atoms with Crippen molar-refractivity contribution in [3.05, 3.63) is 45.0 Å². The molecule has 150 valence electrons. The third kappa shape index (κ3) is 3.97. The number of rotatable bonds is 3. The minimum Gasteiger partial charge on any atom is -0.386 e. The van der Waals surface area contributed by atoms with Gasteiger partial charge in [0.15, 0.2) is 0 Å². The highest BCUT2D eigenvalue weighted by Crippen LogP contribution is 2.47. The molecule has 6 nitrogen and oxygen atoms in total. The molecule has 1 fully saturated rings. The lowest BCUT2D eigenvalue weighted by molar-refractivity contribution is 0.103. The van der Waals surface area contributed by atoms with Crippen molar-refractivity contribution in [2.24, 2.45) is 10.7 Å². The first-order valence-corrected chi connectivity index (χ1v) is 11.4. The summed E-state index contributed by atoms with van der Waals surface area (Å²) in [6.45, 7) is 4.00. The Labute approximate surface area is 173 Å². The highest BCUT2D eigenvalue weighted by atomic mass is 35.5. The van der Waals surface area contributed by atoms with E-state index in [4.69, 9.17) is 17.3 Å². The number of carbonyl (C=O) groups excluding carboxylic acids is 1. The van der Waals surface area contributed by atoms with Crippen LogP contribution in [0.4, 0.5) is 10.2 Å². The summed E-state index contributed by atoms with van der Waals surface area (Å²) in [5, 5.41) is 2.90. The second-order valence-electron chi connectivity index (χ2n) is 6.16. The molecule has 1 spiro atoms. The highest BCUT2D eigenvalue weighted by Gasteiger charge is 2.55. The monoisotopic (exact) mass is 442 g/mol. The first-order chi connectivity index (χ1) is 13.4. The van der Waals surface area contributed by atoms with E-state index in [2.05, 4.69) is 15.3 Å². The summed E-state index contributed by atoms with van der Waals surface area (Å²) in [4.78, 5) is 21.4. The van der Waals surface area contributed by atoms with Crippen molar-refractivity contribution in [1.82, 2.24) is 4.98 Å². The Hall–Kier alpha value is -1.84. The van der Waals surface area contributed by atoms with Crippen molar-refractivity contribution >= 4 is 51.3 Å². The van der Waals surface area contributed by atoms with E-state index < -0.39 is 33.4 Å². The molecular weight excluding hydrogens is 423 g/mol. The molecule has 0 bridgehead atoms. The standard InChI is InChI=1S/C16H14ClFN4O2S2.C2H6/c17-8-6-10(14(23)22-12-3-1-2-11(18)21-12)25-13(8)9-7-26(24)16(4-5-16)15(19)20-9;1-2/h1-3,6,9H,4-5,7H2,(H2,19,20)(H,21,22,23);1-2H3/t9-,26?;/m0./s1. The molecule has 3 N–H and O–H groups in total. The van der Waals surface area contributed by atoms with Crippen LogP contribution in [0, 0.1) is 5.95 Å². The SMILES string of the molecule is CC.NC1=N[C@H](c2sc(C(=O)Nc3cccc(F)n3)cc2Cl)CS(=O)C12CC2. The van der Waals surface area contributed by atoms with E-state index in [0.29, 0.717) is 26.4 Å². The Morgan fingerprint density at radius 3 is 2.75 bits per heavy atom. The van der Waals surface area contributed by atoms with Crippen LogP contribution >= 0.6 is 22.9 Å². The van der Waals surface area contributed by atoms with Crippen molar-refractivity contribution in [3.8, 4) is 0 Å². The molecule has 1 aliphatic carbocycles. The molecule has 1 saturated carbocycles. The number of nitrogens with zero attached hydrogens (tertiary/aromatic N) is 2. The molecule has 1 unspecified atom stereocenters. The first kappa shape index (κ1) is 20.9. The molecule has 10 heteroatoms. The van der Waals surface area contributed by atoms with Gasteiger partial charge in [-0.15, -0.1) is 11.3 Å². The molecule has 2 aliphatic rings. The summed E-state index contributed by atoms with van der Waals surface area (Å²) in [6, 6.07) is 5.23. The summed E-state index contributed by atoms with van der Waals surface area (Å²) in [5.41, 5.74) is 6.02. The van der Waals surface area contributed by atoms with Crippen molar-refractivity contribution in [2.45, 2.75) is 37.5 Å². The number of hydrogen-bond acceptors (Lipinski definition) is 6. The minimum atomic E-state index is -1.10. The maximum absolute atomic E-state index is 13.1. The van der Waals surface area contributed by atoms with Crippen LogP contribution in [0.15, 0.2) is 29.3 Å². The zero-order valence-corrected chi connectivity index (χ0v) is 17.8. The Morgan fingerprint density at radius 1 is 1.43 bits per heavy atom. The van der Waals surface area contributed by atoms with E-state index in [9.17, 15) is 13.4 Å². The average molecular weight is 443 g/mol. The summed E-state index contributed by atoms with van der Waals surface area (Å²) in [7, 11) is -1.10. The van der Waals surface area contributed by atoms with E-state index in [1.807, 2.05) is 13.8 Å². The molecule has 28 heavy (non-hydrogen) atoms. The van der Waals surface area contributed by atoms with Crippen LogP contribution in [0.25, 0.3) is 0 Å². The number of thiophene rings is 1. The summed E-state index contributed by atoms with van der Waals surface area (Å²) >= 11 is 7.44. The Bertz CT molecular complexity index is 959. The predicted molar refractivity (Wildman–Crippen MR) is 112 cm³/mol. The van der Waals surface area contributed by atoms with E-state index >= 15 is 0 Å². The molecule has 4 rings (SSSR count). The number of halogens is 2. The second-order valence-corrected chi connectivity index (χ2v) is 9.46. The summed E-state index contributed by atoms with van der Waals surface area (Å²) in [6.07, 6.45) is 1.60. The molecule has 2 aromatic heterocycles. The lowest BCUT2D eigenvalue weighted by Crippen LogP contribution is -2.41. The van der Waals surface area contributed by atoms with E-state index in [1.165, 1.54) is 24.3 Å². The predicted octanol–water partition coefficient (Wildman–Crippen LogP) is 3.91. The van der Waals surface area contributed by atoms with Gasteiger partial charge in [0.2, 0.25) is 5.95 Å². The maximum atomic E-state index is 13.1. The second kappa shape index (κ2) is 8.26. The molecule has 2 aromatic rings. The molecule has 0 aromatic carbocycles. The van der Waals surface area contributed by atoms with Gasteiger partial charge in [-0.05, 0) is 31.0 Å². The van der Waals surface area contributed by atoms with E-state index in [0.717, 1.165) is 24.2 Å². The number of nitrogens with two attached hydrogens (primary N) is 1. The molecule has 1 aliphatic heterocycles. The summed E-state index contributed by atoms with van der Waals surface area (Å²) in [5.74, 6) is -0.276. The van der Waals surface area contributed by atoms with Gasteiger partial charge in [0.05, 0.1) is 21.7 Å². The molecule has 1 amide bonds.